The van der Waals surface area contributed by atoms with E-state index in [1.54, 1.807) is 6.07 Å². The number of hydrogen-bond donors (Lipinski definition) is 2. The van der Waals surface area contributed by atoms with Crippen LogP contribution in [0.15, 0.2) is 24.5 Å². The van der Waals surface area contributed by atoms with Gasteiger partial charge < -0.3 is 0 Å². The number of carbonyl (C=O) groups is 1. The van der Waals surface area contributed by atoms with Crippen LogP contribution in [0.2, 0.25) is 0 Å². The topological polar surface area (TPSA) is 114 Å². The van der Waals surface area contributed by atoms with E-state index in [1.807, 2.05) is 0 Å². The minimum absolute atomic E-state index is 0.227. The Labute approximate surface area is 86.0 Å². The van der Waals surface area contributed by atoms with Crippen molar-refractivity contribution in [1.29, 1.82) is 0 Å². The Morgan fingerprint density at radius 3 is 2.40 bits per heavy atom. The summed E-state index contributed by atoms with van der Waals surface area (Å²) in [4.78, 5) is 17.6. The fraction of sp³-hybridized carbons (Fsp3) is 0.143. The summed E-state index contributed by atoms with van der Waals surface area (Å²) in [5, 5.41) is 7.91. The van der Waals surface area contributed by atoms with Crippen LogP contribution < -0.4 is 0 Å². The standard InChI is InChI=1S/C6H5NO3.CH4O3S/c8-6(10-9)5-2-1-3-7-4-5;1-5(2,3)4/h1-4,9H;1H3,(H,2,3,4). The number of carbonyl (C=O) groups excluding carboxylic acids is 1. The summed E-state index contributed by atoms with van der Waals surface area (Å²) >= 11 is 0. The van der Waals surface area contributed by atoms with E-state index in [1.165, 1.54) is 18.5 Å². The molecule has 7 nitrogen and oxygen atoms in total. The summed E-state index contributed by atoms with van der Waals surface area (Å²) in [6.07, 6.45) is 3.54. The number of rotatable bonds is 1. The summed E-state index contributed by atoms with van der Waals surface area (Å²) in [6, 6.07) is 3.07. The van der Waals surface area contributed by atoms with E-state index in [0.29, 0.717) is 6.26 Å². The molecule has 0 aliphatic rings. The Balaban J connectivity index is 0.000000336. The van der Waals surface area contributed by atoms with Crippen molar-refractivity contribution in [1.82, 2.24) is 4.98 Å². The molecule has 0 amide bonds. The lowest BCUT2D eigenvalue weighted by atomic mass is 10.3. The molecule has 0 aliphatic carbocycles. The van der Waals surface area contributed by atoms with Crippen molar-refractivity contribution in [3.8, 4) is 0 Å². The number of hydrogen-bond acceptors (Lipinski definition) is 6. The van der Waals surface area contributed by atoms with Gasteiger partial charge in [0.2, 0.25) is 0 Å². The summed E-state index contributed by atoms with van der Waals surface area (Å²) < 4.78 is 25.9. The molecule has 0 spiro atoms. The van der Waals surface area contributed by atoms with Crippen molar-refractivity contribution < 1.29 is 27.9 Å². The van der Waals surface area contributed by atoms with Crippen LogP contribution in [0.5, 0.6) is 0 Å². The normalized spacial score (nSPS) is 9.80. The second-order valence-corrected chi connectivity index (χ2v) is 3.82. The third-order valence-electron chi connectivity index (χ3n) is 0.980. The Bertz CT molecular complexity index is 393. The average molecular weight is 235 g/mol. The van der Waals surface area contributed by atoms with Gasteiger partial charge in [0.15, 0.2) is 0 Å². The van der Waals surface area contributed by atoms with Gasteiger partial charge in [0, 0.05) is 12.4 Å². The smallest absolute Gasteiger partial charge is 0.295 e. The van der Waals surface area contributed by atoms with E-state index in [-0.39, 0.29) is 5.56 Å². The molecule has 84 valence electrons. The van der Waals surface area contributed by atoms with Gasteiger partial charge in [-0.1, -0.05) is 0 Å². The molecule has 0 saturated heterocycles. The Morgan fingerprint density at radius 1 is 1.53 bits per heavy atom. The van der Waals surface area contributed by atoms with Crippen LogP contribution in [0.3, 0.4) is 0 Å². The lowest BCUT2D eigenvalue weighted by Gasteiger charge is -1.92. The van der Waals surface area contributed by atoms with E-state index in [4.69, 9.17) is 9.81 Å². The third kappa shape index (κ3) is 8.81. The molecule has 1 aromatic heterocycles. The maximum absolute atomic E-state index is 10.5. The van der Waals surface area contributed by atoms with Crippen molar-refractivity contribution in [2.24, 2.45) is 0 Å². The highest BCUT2D eigenvalue weighted by molar-refractivity contribution is 7.85. The van der Waals surface area contributed by atoms with Gasteiger partial charge in [-0.3, -0.25) is 14.4 Å². The quantitative estimate of drug-likeness (QED) is 0.406. The van der Waals surface area contributed by atoms with E-state index >= 15 is 0 Å². The first-order chi connectivity index (χ1) is 6.84. The van der Waals surface area contributed by atoms with Gasteiger partial charge in [0.1, 0.15) is 0 Å². The summed E-state index contributed by atoms with van der Waals surface area (Å²) in [7, 11) is -3.67. The van der Waals surface area contributed by atoms with Crippen LogP contribution >= 0.6 is 0 Å². The van der Waals surface area contributed by atoms with Gasteiger partial charge in [-0.05, 0) is 12.1 Å². The zero-order valence-corrected chi connectivity index (χ0v) is 8.51. The number of nitrogens with zero attached hydrogens (tertiary/aromatic N) is 1. The average Bonchev–Trinajstić information content (AvgIpc) is 2.15. The van der Waals surface area contributed by atoms with E-state index < -0.39 is 16.1 Å². The van der Waals surface area contributed by atoms with Crippen LogP contribution in [-0.4, -0.2) is 35.4 Å². The molecular weight excluding hydrogens is 226 g/mol. The van der Waals surface area contributed by atoms with E-state index in [9.17, 15) is 13.2 Å². The van der Waals surface area contributed by atoms with Gasteiger partial charge in [-0.15, -0.1) is 0 Å². The molecule has 0 bridgehead atoms. The maximum Gasteiger partial charge on any atom is 0.374 e. The lowest BCUT2D eigenvalue weighted by molar-refractivity contribution is -0.182. The molecule has 1 rings (SSSR count). The van der Waals surface area contributed by atoms with Crippen LogP contribution in [0, 0.1) is 0 Å². The van der Waals surface area contributed by atoms with Crippen molar-refractivity contribution in [3.63, 3.8) is 0 Å². The molecule has 0 atom stereocenters. The van der Waals surface area contributed by atoms with Crippen LogP contribution in [0.1, 0.15) is 10.4 Å². The minimum Gasteiger partial charge on any atom is -0.295 e. The predicted octanol–water partition coefficient (Wildman–Crippen LogP) is 0.215. The molecule has 0 aromatic carbocycles. The van der Waals surface area contributed by atoms with Gasteiger partial charge >= 0.3 is 5.97 Å². The van der Waals surface area contributed by atoms with Gasteiger partial charge in [0.25, 0.3) is 10.1 Å². The van der Waals surface area contributed by atoms with Gasteiger partial charge in [-0.25, -0.2) is 4.79 Å². The van der Waals surface area contributed by atoms with E-state index in [0.717, 1.165) is 0 Å². The largest absolute Gasteiger partial charge is 0.374 e. The molecule has 8 heteroatoms. The summed E-state index contributed by atoms with van der Waals surface area (Å²) in [6.45, 7) is 0. The van der Waals surface area contributed by atoms with Crippen molar-refractivity contribution >= 4 is 16.1 Å². The zero-order valence-electron chi connectivity index (χ0n) is 7.69. The van der Waals surface area contributed by atoms with Crippen molar-refractivity contribution in [3.05, 3.63) is 30.1 Å². The molecule has 1 aromatic rings. The zero-order chi connectivity index (χ0) is 11.9. The van der Waals surface area contributed by atoms with E-state index in [2.05, 4.69) is 9.87 Å². The molecular formula is C7H9NO6S. The maximum atomic E-state index is 10.5. The fourth-order valence-corrected chi connectivity index (χ4v) is 0.536. The predicted molar refractivity (Wildman–Crippen MR) is 49.8 cm³/mol. The highest BCUT2D eigenvalue weighted by atomic mass is 32.2. The minimum atomic E-state index is -3.67. The molecule has 1 heterocycles. The number of aromatic nitrogens is 1. The van der Waals surface area contributed by atoms with Crippen molar-refractivity contribution in [2.75, 3.05) is 6.26 Å². The fourth-order valence-electron chi connectivity index (χ4n) is 0.536. The molecule has 0 fully saturated rings. The molecule has 0 radical (unpaired) electrons. The second kappa shape index (κ2) is 6.06. The molecule has 2 N–H and O–H groups in total. The molecule has 0 saturated carbocycles. The Hall–Kier alpha value is -1.51. The summed E-state index contributed by atoms with van der Waals surface area (Å²) in [5.74, 6) is -0.798. The molecule has 0 unspecified atom stereocenters. The SMILES string of the molecule is CS(=O)(=O)O.O=C(OO)c1cccnc1. The van der Waals surface area contributed by atoms with Crippen LogP contribution in [-0.2, 0) is 15.0 Å². The van der Waals surface area contributed by atoms with Crippen molar-refractivity contribution in [2.45, 2.75) is 0 Å². The second-order valence-electron chi connectivity index (χ2n) is 2.35. The third-order valence-corrected chi connectivity index (χ3v) is 0.980. The van der Waals surface area contributed by atoms with Crippen LogP contribution in [0.25, 0.3) is 0 Å². The first kappa shape index (κ1) is 13.5. The molecule has 0 aliphatic heterocycles. The Morgan fingerprint density at radius 2 is 2.07 bits per heavy atom. The van der Waals surface area contributed by atoms with Gasteiger partial charge in [-0.2, -0.15) is 13.7 Å². The van der Waals surface area contributed by atoms with Gasteiger partial charge in [0.05, 0.1) is 11.8 Å². The highest BCUT2D eigenvalue weighted by Gasteiger charge is 2.03. The highest BCUT2D eigenvalue weighted by Crippen LogP contribution is 1.96. The Kier molecular flexibility index (Phi) is 5.45. The number of pyridine rings is 1. The first-order valence-corrected chi connectivity index (χ1v) is 5.37. The summed E-state index contributed by atoms with van der Waals surface area (Å²) in [5.41, 5.74) is 0.227. The van der Waals surface area contributed by atoms with Crippen LogP contribution in [0.4, 0.5) is 0 Å². The first-order valence-electron chi connectivity index (χ1n) is 3.53. The molecule has 15 heavy (non-hydrogen) atoms. The lowest BCUT2D eigenvalue weighted by Crippen LogP contribution is -2.00. The monoisotopic (exact) mass is 235 g/mol.